The molecule has 0 fully saturated rings. The maximum atomic E-state index is 14.5. The summed E-state index contributed by atoms with van der Waals surface area (Å²) >= 11 is 0. The van der Waals surface area contributed by atoms with Gasteiger partial charge in [0, 0.05) is 25.9 Å². The molecule has 0 spiro atoms. The van der Waals surface area contributed by atoms with Crippen LogP contribution in [0.1, 0.15) is 131 Å². The van der Waals surface area contributed by atoms with E-state index in [1.54, 1.807) is 13.8 Å². The van der Waals surface area contributed by atoms with Crippen LogP contribution in [0.15, 0.2) is 9.98 Å². The molecule has 0 aromatic rings. The second-order valence-electron chi connectivity index (χ2n) is 23.1. The van der Waals surface area contributed by atoms with Gasteiger partial charge < -0.3 is 125 Å². The number of hydrogen-bond donors (Lipinski definition) is 23. The largest absolute Gasteiger partial charge is 0.481 e. The molecule has 0 radical (unpaired) electrons. The number of aliphatic carboxylic acids is 3. The molecule has 0 rings (SSSR count). The van der Waals surface area contributed by atoms with Gasteiger partial charge in [0.15, 0.2) is 11.9 Å². The maximum absolute atomic E-state index is 14.5. The van der Waals surface area contributed by atoms with E-state index in [0.29, 0.717) is 6.42 Å². The van der Waals surface area contributed by atoms with Crippen molar-refractivity contribution >= 4 is 107 Å². The van der Waals surface area contributed by atoms with Crippen LogP contribution in [0.4, 0.5) is 0 Å². The van der Waals surface area contributed by atoms with Gasteiger partial charge in [-0.3, -0.25) is 81.9 Å². The Balaban J connectivity index is 7.39. The second kappa shape index (κ2) is 44.5. The highest BCUT2D eigenvalue weighted by molar-refractivity contribution is 6.01. The lowest BCUT2D eigenvalue weighted by Crippen LogP contribution is -2.61. The van der Waals surface area contributed by atoms with Crippen molar-refractivity contribution in [3.05, 3.63) is 0 Å². The summed E-state index contributed by atoms with van der Waals surface area (Å²) in [4.78, 5) is 218. The highest BCUT2D eigenvalue weighted by Gasteiger charge is 2.38. The summed E-state index contributed by atoms with van der Waals surface area (Å²) in [6, 6.07) is -19.0. The number of guanidine groups is 2. The van der Waals surface area contributed by atoms with Gasteiger partial charge >= 0.3 is 17.9 Å². The third-order valence-electron chi connectivity index (χ3n) is 13.8. The van der Waals surface area contributed by atoms with Gasteiger partial charge in [0.25, 0.3) is 0 Å². The average Bonchev–Trinajstić information content (AvgIpc) is 0.887. The summed E-state index contributed by atoms with van der Waals surface area (Å²) in [5, 5.41) is 61.7. The zero-order valence-corrected chi connectivity index (χ0v) is 54.2. The van der Waals surface area contributed by atoms with Gasteiger partial charge in [-0.15, -0.1) is 0 Å². The topological polar surface area (TPSA) is 733 Å². The summed E-state index contributed by atoms with van der Waals surface area (Å²) in [6.07, 6.45) is -7.59. The first kappa shape index (κ1) is 85.9. The molecule has 0 unspecified atom stereocenters. The predicted molar refractivity (Wildman–Crippen MR) is 339 cm³/mol. The molecule has 41 nitrogen and oxygen atoms in total. The minimum atomic E-state index is -2.07. The fourth-order valence-electron chi connectivity index (χ4n) is 8.80. The van der Waals surface area contributed by atoms with Gasteiger partial charge in [0.1, 0.15) is 60.4 Å². The number of rotatable bonds is 49. The summed E-state index contributed by atoms with van der Waals surface area (Å²) in [7, 11) is 0. The third-order valence-corrected chi connectivity index (χ3v) is 13.8. The molecule has 0 saturated heterocycles. The highest BCUT2D eigenvalue weighted by Crippen LogP contribution is 2.13. The standard InChI is InChI=1S/C55H97N21O20/c1-24(2)20-33(49(91)69-31(13-15-36(58)78)47(89)73-35(23-38(60)80)51(93)74-34(22-37(59)79)50(92)70-32(14-16-39(81)82)48(90)75-41(25(3)4)53(95)96)72-46(88)30(12-9-19-66-55(63)64)68-45(87)29(11-8-18-65-54(61)62)67-44(86)28(10-6-7-17-56)71-52(94)42(26(5)77)76-43(85)27(57)21-40(83)84/h24-35,41-42,77H,6-23,56-57H2,1-5H3,(H2,58,78)(H2,59,79)(H2,60,80)(H,67,86)(H,68,87)(H,69,91)(H,70,92)(H,71,94)(H,72,88)(H,73,89)(H,74,93)(H,75,90)(H,76,85)(H,81,82)(H,83,84)(H,95,96)(H4,61,62,65)(H4,63,64,66)/t26-,27+,28+,29+,30+,31+,32+,33+,34+,35+,41+,42+/m1/s1. The molecule has 12 atom stereocenters. The fraction of sp³-hybridized carbons (Fsp3) is 0.673. The van der Waals surface area contributed by atoms with Crippen molar-refractivity contribution in [3.8, 4) is 0 Å². The summed E-state index contributed by atoms with van der Waals surface area (Å²) in [5.74, 6) is -21.4. The van der Waals surface area contributed by atoms with Crippen molar-refractivity contribution < 1.29 is 97.1 Å². The molecule has 41 heteroatoms. The molecule has 32 N–H and O–H groups in total. The summed E-state index contributed by atoms with van der Waals surface area (Å²) < 4.78 is 0. The molecule has 0 aliphatic rings. The van der Waals surface area contributed by atoms with Crippen molar-refractivity contribution in [3.63, 3.8) is 0 Å². The minimum absolute atomic E-state index is 0.00623. The van der Waals surface area contributed by atoms with Crippen LogP contribution in [0, 0.1) is 11.8 Å². The molecule has 0 aromatic carbocycles. The summed E-state index contributed by atoms with van der Waals surface area (Å²) in [6.45, 7) is 7.18. The molecule has 0 aliphatic carbocycles. The van der Waals surface area contributed by atoms with Gasteiger partial charge in [-0.05, 0) is 89.5 Å². The second-order valence-corrected chi connectivity index (χ2v) is 23.1. The Morgan fingerprint density at radius 2 is 0.719 bits per heavy atom. The molecule has 0 heterocycles. The predicted octanol–water partition coefficient (Wildman–Crippen LogP) is -10.1. The fourth-order valence-corrected chi connectivity index (χ4v) is 8.80. The Labute approximate surface area is 552 Å². The average molecular weight is 1370 g/mol. The highest BCUT2D eigenvalue weighted by atomic mass is 16.4. The first-order valence-corrected chi connectivity index (χ1v) is 30.5. The normalized spacial score (nSPS) is 14.7. The number of carboxylic acids is 3. The number of primary amides is 3. The lowest BCUT2D eigenvalue weighted by Gasteiger charge is -2.29. The van der Waals surface area contributed by atoms with Crippen LogP contribution in [0.3, 0.4) is 0 Å². The Morgan fingerprint density at radius 3 is 1.06 bits per heavy atom. The zero-order valence-electron chi connectivity index (χ0n) is 54.2. The maximum Gasteiger partial charge on any atom is 0.326 e. The van der Waals surface area contributed by atoms with E-state index >= 15 is 0 Å². The molecule has 13 amide bonds. The number of nitrogens with one attached hydrogen (secondary N) is 10. The minimum Gasteiger partial charge on any atom is -0.481 e. The van der Waals surface area contributed by atoms with Crippen molar-refractivity contribution in [2.24, 2.45) is 73.4 Å². The third kappa shape index (κ3) is 35.8. The summed E-state index contributed by atoms with van der Waals surface area (Å²) in [5.41, 5.74) is 49.6. The molecule has 0 saturated carbocycles. The lowest BCUT2D eigenvalue weighted by atomic mass is 10.0. The Kier molecular flexibility index (Phi) is 39.9. The molecule has 0 aliphatic heterocycles. The van der Waals surface area contributed by atoms with E-state index in [0.717, 1.165) is 6.92 Å². The molecular formula is C55H97N21O20. The van der Waals surface area contributed by atoms with E-state index in [2.05, 4.69) is 63.2 Å². The number of amides is 13. The van der Waals surface area contributed by atoms with Crippen LogP contribution in [0.5, 0.6) is 0 Å². The number of aliphatic hydroxyl groups is 1. The number of unbranched alkanes of at least 4 members (excludes halogenated alkanes) is 1. The van der Waals surface area contributed by atoms with E-state index in [-0.39, 0.29) is 76.5 Å². The number of carbonyl (C=O) groups is 16. The van der Waals surface area contributed by atoms with E-state index < -0.39 is 224 Å². The van der Waals surface area contributed by atoms with Gasteiger partial charge in [-0.2, -0.15) is 0 Å². The first-order valence-electron chi connectivity index (χ1n) is 30.5. The van der Waals surface area contributed by atoms with E-state index in [1.165, 1.54) is 13.8 Å². The molecule has 0 aromatic heterocycles. The van der Waals surface area contributed by atoms with Gasteiger partial charge in [-0.1, -0.05) is 27.7 Å². The lowest BCUT2D eigenvalue weighted by molar-refractivity contribution is -0.144. The monoisotopic (exact) mass is 1370 g/mol. The van der Waals surface area contributed by atoms with Gasteiger partial charge in [0.05, 0.1) is 31.4 Å². The number of aliphatic imine (C=N–C) groups is 2. The molecular weight excluding hydrogens is 1270 g/mol. The number of hydrogen-bond acceptors (Lipinski definition) is 21. The number of carbonyl (C=O) groups excluding carboxylic acids is 13. The van der Waals surface area contributed by atoms with E-state index in [9.17, 15) is 92.0 Å². The van der Waals surface area contributed by atoms with Gasteiger partial charge in [0.2, 0.25) is 76.8 Å². The number of nitrogens with zero attached hydrogens (tertiary/aromatic N) is 2. The quantitative estimate of drug-likeness (QED) is 0.0153. The van der Waals surface area contributed by atoms with Crippen LogP contribution in [0.2, 0.25) is 0 Å². The Bertz CT molecular complexity index is 2780. The van der Waals surface area contributed by atoms with E-state index in [1.807, 2.05) is 0 Å². The van der Waals surface area contributed by atoms with Crippen molar-refractivity contribution in [2.45, 2.75) is 203 Å². The zero-order chi connectivity index (χ0) is 73.7. The SMILES string of the molecule is CC(C)C[C@H](NC(=O)[C@H](CCCN=C(N)N)NC(=O)[C@H](CCCN=C(N)N)NC(=O)[C@H](CCCCN)NC(=O)[C@@H](NC(=O)[C@@H](N)CC(=O)O)[C@@H](C)O)C(=O)N[C@@H](CCC(N)=O)C(=O)N[C@@H](CC(N)=O)C(=O)N[C@@H](CC(N)=O)C(=O)N[C@@H](CCC(=O)O)C(=O)N[C@H](C(=O)O)C(C)C. The van der Waals surface area contributed by atoms with Crippen molar-refractivity contribution in [1.82, 2.24) is 53.2 Å². The van der Waals surface area contributed by atoms with Crippen LogP contribution in [-0.4, -0.2) is 219 Å². The van der Waals surface area contributed by atoms with Crippen LogP contribution in [0.25, 0.3) is 0 Å². The van der Waals surface area contributed by atoms with Crippen LogP contribution < -0.4 is 105 Å². The Hall–Kier alpha value is -10.1. The van der Waals surface area contributed by atoms with Crippen LogP contribution >= 0.6 is 0 Å². The van der Waals surface area contributed by atoms with Crippen molar-refractivity contribution in [2.75, 3.05) is 19.6 Å². The van der Waals surface area contributed by atoms with Crippen LogP contribution in [-0.2, 0) is 76.7 Å². The van der Waals surface area contributed by atoms with E-state index in [4.69, 9.17) is 56.7 Å². The smallest absolute Gasteiger partial charge is 0.326 e. The Morgan fingerprint density at radius 1 is 0.375 bits per heavy atom. The number of aliphatic hydroxyl groups excluding tert-OH is 1. The molecule has 542 valence electrons. The number of nitrogens with two attached hydrogens (primary N) is 9. The van der Waals surface area contributed by atoms with Crippen molar-refractivity contribution in [1.29, 1.82) is 0 Å². The molecule has 0 bridgehead atoms. The molecule has 96 heavy (non-hydrogen) atoms. The first-order chi connectivity index (χ1) is 44.7. The number of carboxylic acid groups (broad SMARTS) is 3. The van der Waals surface area contributed by atoms with Gasteiger partial charge in [-0.25, -0.2) is 4.79 Å².